The molecule has 0 saturated heterocycles. The van der Waals surface area contributed by atoms with E-state index in [0.717, 1.165) is 6.07 Å². The molecule has 0 saturated carbocycles. The smallest absolute Gasteiger partial charge is 0.312 e. The average molecular weight is 376 g/mol. The molecule has 2 aromatic carbocycles. The Morgan fingerprint density at radius 1 is 1.38 bits per heavy atom. The Kier molecular flexibility index (Phi) is 4.73. The van der Waals surface area contributed by atoms with Gasteiger partial charge in [-0.2, -0.15) is 0 Å². The van der Waals surface area contributed by atoms with Crippen LogP contribution in [0.5, 0.6) is 5.75 Å². The highest BCUT2D eigenvalue weighted by Crippen LogP contribution is 2.42. The summed E-state index contributed by atoms with van der Waals surface area (Å²) >= 11 is 6.04. The molecule has 136 valence electrons. The number of rotatable bonds is 4. The Morgan fingerprint density at radius 2 is 2.08 bits per heavy atom. The van der Waals surface area contributed by atoms with Crippen LogP contribution in [0.1, 0.15) is 42.4 Å². The van der Waals surface area contributed by atoms with Gasteiger partial charge in [0.1, 0.15) is 6.17 Å². The molecule has 0 radical (unpaired) electrons. The number of amides is 1. The van der Waals surface area contributed by atoms with Gasteiger partial charge < -0.3 is 15.3 Å². The zero-order valence-corrected chi connectivity index (χ0v) is 15.0. The zero-order valence-electron chi connectivity index (χ0n) is 14.3. The normalized spacial score (nSPS) is 17.4. The van der Waals surface area contributed by atoms with E-state index in [0.29, 0.717) is 17.7 Å². The standard InChI is InChI=1S/C18H18ClN3O4/c1-3-10(2)21-17(20-14-7-5-4-6-12(14)18(21)24)13-8-11(19)9-15(16(13)23)22(25)26/h4-10,17,20,23H,3H2,1-2H3/t10-,17-/m1/s1. The number of para-hydroxylation sites is 1. The molecule has 0 spiro atoms. The topological polar surface area (TPSA) is 95.7 Å². The second kappa shape index (κ2) is 6.84. The maximum Gasteiger partial charge on any atom is 0.312 e. The number of hydrogen-bond donors (Lipinski definition) is 2. The number of phenolic OH excluding ortho intramolecular Hbond substituents is 1. The summed E-state index contributed by atoms with van der Waals surface area (Å²) in [6.45, 7) is 3.83. The molecule has 1 aliphatic rings. The van der Waals surface area contributed by atoms with Crippen molar-refractivity contribution in [2.75, 3.05) is 5.32 Å². The first-order valence-electron chi connectivity index (χ1n) is 8.20. The Balaban J connectivity index is 2.19. The number of anilines is 1. The van der Waals surface area contributed by atoms with E-state index < -0.39 is 22.5 Å². The minimum absolute atomic E-state index is 0.113. The molecule has 3 rings (SSSR count). The van der Waals surface area contributed by atoms with Gasteiger partial charge in [0.25, 0.3) is 5.91 Å². The summed E-state index contributed by atoms with van der Waals surface area (Å²) in [5.41, 5.74) is 0.807. The fourth-order valence-corrected chi connectivity index (χ4v) is 3.32. The quantitative estimate of drug-likeness (QED) is 0.612. The van der Waals surface area contributed by atoms with Crippen molar-refractivity contribution in [3.05, 3.63) is 62.7 Å². The van der Waals surface area contributed by atoms with Gasteiger partial charge in [-0.25, -0.2) is 0 Å². The molecule has 2 N–H and O–H groups in total. The number of aromatic hydroxyl groups is 1. The van der Waals surface area contributed by atoms with Gasteiger partial charge in [-0.15, -0.1) is 0 Å². The first-order valence-corrected chi connectivity index (χ1v) is 8.58. The number of fused-ring (bicyclic) bond motifs is 1. The number of nitrogens with zero attached hydrogens (tertiary/aromatic N) is 2. The molecule has 2 aromatic rings. The molecule has 7 nitrogen and oxygen atoms in total. The van der Waals surface area contributed by atoms with Crippen LogP contribution in [0.15, 0.2) is 36.4 Å². The summed E-state index contributed by atoms with van der Waals surface area (Å²) in [4.78, 5) is 25.2. The summed E-state index contributed by atoms with van der Waals surface area (Å²) in [5.74, 6) is -0.710. The fourth-order valence-electron chi connectivity index (χ4n) is 3.10. The van der Waals surface area contributed by atoms with E-state index in [4.69, 9.17) is 11.6 Å². The lowest BCUT2D eigenvalue weighted by atomic mass is 10.00. The Bertz CT molecular complexity index is 887. The monoisotopic (exact) mass is 375 g/mol. The highest BCUT2D eigenvalue weighted by atomic mass is 35.5. The Morgan fingerprint density at radius 3 is 2.73 bits per heavy atom. The van der Waals surface area contributed by atoms with Crippen LogP contribution in [0.2, 0.25) is 5.02 Å². The van der Waals surface area contributed by atoms with E-state index in [9.17, 15) is 20.0 Å². The molecule has 0 aliphatic carbocycles. The minimum Gasteiger partial charge on any atom is -0.502 e. The highest BCUT2D eigenvalue weighted by molar-refractivity contribution is 6.31. The third-order valence-corrected chi connectivity index (χ3v) is 4.82. The summed E-state index contributed by atoms with van der Waals surface area (Å²) in [6.07, 6.45) is -0.0973. The first kappa shape index (κ1) is 18.0. The summed E-state index contributed by atoms with van der Waals surface area (Å²) in [5, 5.41) is 25.0. The highest BCUT2D eigenvalue weighted by Gasteiger charge is 2.38. The lowest BCUT2D eigenvalue weighted by molar-refractivity contribution is -0.386. The number of nitro benzene ring substituents is 1. The van der Waals surface area contributed by atoms with Gasteiger partial charge in [0.15, 0.2) is 0 Å². The number of nitrogens with one attached hydrogen (secondary N) is 1. The van der Waals surface area contributed by atoms with Crippen molar-refractivity contribution in [3.63, 3.8) is 0 Å². The van der Waals surface area contributed by atoms with Crippen LogP contribution in [0, 0.1) is 10.1 Å². The molecule has 1 amide bonds. The Hall–Kier alpha value is -2.80. The maximum absolute atomic E-state index is 13.1. The van der Waals surface area contributed by atoms with E-state index in [1.54, 1.807) is 29.2 Å². The molecule has 1 aliphatic heterocycles. The van der Waals surface area contributed by atoms with E-state index >= 15 is 0 Å². The van der Waals surface area contributed by atoms with Gasteiger partial charge in [-0.3, -0.25) is 14.9 Å². The number of hydrogen-bond acceptors (Lipinski definition) is 5. The van der Waals surface area contributed by atoms with Crippen LogP contribution >= 0.6 is 11.6 Å². The van der Waals surface area contributed by atoms with Crippen molar-refractivity contribution in [2.45, 2.75) is 32.5 Å². The van der Waals surface area contributed by atoms with Crippen molar-refractivity contribution in [2.24, 2.45) is 0 Å². The van der Waals surface area contributed by atoms with Gasteiger partial charge in [-0.1, -0.05) is 30.7 Å². The van der Waals surface area contributed by atoms with Crippen LogP contribution in [0.4, 0.5) is 11.4 Å². The van der Waals surface area contributed by atoms with Crippen molar-refractivity contribution in [3.8, 4) is 5.75 Å². The second-order valence-corrected chi connectivity index (χ2v) is 6.62. The largest absolute Gasteiger partial charge is 0.502 e. The minimum atomic E-state index is -0.773. The molecule has 0 bridgehead atoms. The van der Waals surface area contributed by atoms with Gasteiger partial charge >= 0.3 is 5.69 Å². The van der Waals surface area contributed by atoms with Crippen molar-refractivity contribution >= 4 is 28.9 Å². The van der Waals surface area contributed by atoms with E-state index in [1.807, 2.05) is 13.8 Å². The number of benzene rings is 2. The summed E-state index contributed by atoms with van der Waals surface area (Å²) in [6, 6.07) is 9.40. The number of nitro groups is 1. The first-order chi connectivity index (χ1) is 12.3. The zero-order chi connectivity index (χ0) is 19.0. The van der Waals surface area contributed by atoms with Crippen LogP contribution in [0.25, 0.3) is 0 Å². The van der Waals surface area contributed by atoms with Crippen LogP contribution in [0.3, 0.4) is 0 Å². The third-order valence-electron chi connectivity index (χ3n) is 4.60. The van der Waals surface area contributed by atoms with Gasteiger partial charge in [-0.05, 0) is 31.5 Å². The molecule has 0 aromatic heterocycles. The van der Waals surface area contributed by atoms with Crippen LogP contribution in [-0.2, 0) is 0 Å². The van der Waals surface area contributed by atoms with E-state index in [-0.39, 0.29) is 22.5 Å². The molecule has 26 heavy (non-hydrogen) atoms. The third kappa shape index (κ3) is 2.94. The lowest BCUT2D eigenvalue weighted by Crippen LogP contribution is -2.47. The van der Waals surface area contributed by atoms with Gasteiger partial charge in [0, 0.05) is 28.4 Å². The predicted octanol–water partition coefficient (Wildman–Crippen LogP) is 4.32. The van der Waals surface area contributed by atoms with Gasteiger partial charge in [0.05, 0.1) is 10.5 Å². The second-order valence-electron chi connectivity index (χ2n) is 6.18. The molecular weight excluding hydrogens is 358 g/mol. The molecule has 2 atom stereocenters. The fraction of sp³-hybridized carbons (Fsp3) is 0.278. The molecule has 0 fully saturated rings. The molecular formula is C18H18ClN3O4. The van der Waals surface area contributed by atoms with Crippen molar-refractivity contribution < 1.29 is 14.8 Å². The summed E-state index contributed by atoms with van der Waals surface area (Å²) < 4.78 is 0. The predicted molar refractivity (Wildman–Crippen MR) is 98.5 cm³/mol. The molecule has 8 heteroatoms. The van der Waals surface area contributed by atoms with Crippen LogP contribution in [-0.4, -0.2) is 26.9 Å². The van der Waals surface area contributed by atoms with E-state index in [2.05, 4.69) is 5.32 Å². The van der Waals surface area contributed by atoms with Crippen LogP contribution < -0.4 is 5.32 Å². The number of halogens is 1. The number of phenols is 1. The van der Waals surface area contributed by atoms with E-state index in [1.165, 1.54) is 6.07 Å². The Labute approximate surface area is 155 Å². The molecule has 1 heterocycles. The SMILES string of the molecule is CC[C@@H](C)N1C(=O)c2ccccc2N[C@H]1c1cc(Cl)cc([N+](=O)[O-])c1O. The van der Waals surface area contributed by atoms with Gasteiger partial charge in [0.2, 0.25) is 5.75 Å². The lowest BCUT2D eigenvalue weighted by Gasteiger charge is -2.41. The van der Waals surface area contributed by atoms with Crippen molar-refractivity contribution in [1.82, 2.24) is 4.90 Å². The number of carbonyl (C=O) groups excluding carboxylic acids is 1. The number of carbonyl (C=O) groups is 1. The summed E-state index contributed by atoms with van der Waals surface area (Å²) in [7, 11) is 0. The maximum atomic E-state index is 13.1. The average Bonchev–Trinajstić information content (AvgIpc) is 2.62. The molecule has 0 unspecified atom stereocenters. The van der Waals surface area contributed by atoms with Crippen molar-refractivity contribution in [1.29, 1.82) is 0 Å².